The highest BCUT2D eigenvalue weighted by Crippen LogP contribution is 2.33. The molecule has 0 aliphatic heterocycles. The van der Waals surface area contributed by atoms with Gasteiger partial charge in [0.2, 0.25) is 5.91 Å². The van der Waals surface area contributed by atoms with E-state index in [1.165, 1.54) is 26.8 Å². The monoisotopic (exact) mass is 389 g/mol. The van der Waals surface area contributed by atoms with Gasteiger partial charge in [-0.3, -0.25) is 19.2 Å². The number of rotatable bonds is 6. The van der Waals surface area contributed by atoms with Crippen LogP contribution in [0.15, 0.2) is 18.2 Å². The zero-order chi connectivity index (χ0) is 20.8. The lowest BCUT2D eigenvalue weighted by atomic mass is 9.81. The fourth-order valence-corrected chi connectivity index (χ4v) is 3.74. The predicted octanol–water partition coefficient (Wildman–Crippen LogP) is 3.03. The van der Waals surface area contributed by atoms with Crippen LogP contribution in [0.4, 0.5) is 0 Å². The smallest absolute Gasteiger partial charge is 0.308 e. The van der Waals surface area contributed by atoms with Crippen LogP contribution in [0.2, 0.25) is 0 Å². The van der Waals surface area contributed by atoms with E-state index < -0.39 is 11.9 Å². The van der Waals surface area contributed by atoms with Crippen molar-refractivity contribution < 1.29 is 28.7 Å². The molecule has 28 heavy (non-hydrogen) atoms. The first-order chi connectivity index (χ1) is 13.2. The van der Waals surface area contributed by atoms with Crippen molar-refractivity contribution in [3.8, 4) is 11.5 Å². The number of hydrogen-bond donors (Lipinski definition) is 0. The van der Waals surface area contributed by atoms with Crippen molar-refractivity contribution in [1.82, 2.24) is 4.90 Å². The summed E-state index contributed by atoms with van der Waals surface area (Å²) >= 11 is 0. The summed E-state index contributed by atoms with van der Waals surface area (Å²) in [5.74, 6) is -0.990. The van der Waals surface area contributed by atoms with E-state index in [-0.39, 0.29) is 41.7 Å². The number of carbonyl (C=O) groups excluding carboxylic acids is 4. The van der Waals surface area contributed by atoms with E-state index >= 15 is 0 Å². The van der Waals surface area contributed by atoms with Crippen LogP contribution in [0.3, 0.4) is 0 Å². The topological polar surface area (TPSA) is 90.0 Å². The summed E-state index contributed by atoms with van der Waals surface area (Å²) in [5.41, 5.74) is 0.718. The van der Waals surface area contributed by atoms with Gasteiger partial charge in [0.15, 0.2) is 11.5 Å². The van der Waals surface area contributed by atoms with Gasteiger partial charge in [-0.15, -0.1) is 0 Å². The average Bonchev–Trinajstić information content (AvgIpc) is 2.60. The first-order valence-electron chi connectivity index (χ1n) is 9.46. The van der Waals surface area contributed by atoms with Crippen molar-refractivity contribution in [3.63, 3.8) is 0 Å². The maximum atomic E-state index is 12.4. The van der Waals surface area contributed by atoms with E-state index in [1.54, 1.807) is 24.0 Å². The first kappa shape index (κ1) is 21.6. The van der Waals surface area contributed by atoms with Crippen LogP contribution in [-0.4, -0.2) is 34.6 Å². The highest BCUT2D eigenvalue weighted by Gasteiger charge is 2.34. The molecule has 1 unspecified atom stereocenters. The van der Waals surface area contributed by atoms with Crippen molar-refractivity contribution in [2.24, 2.45) is 5.92 Å². The number of nitrogens with zero attached hydrogens (tertiary/aromatic N) is 1. The Bertz CT molecular complexity index is 772. The van der Waals surface area contributed by atoms with Crippen LogP contribution < -0.4 is 9.47 Å². The van der Waals surface area contributed by atoms with Crippen LogP contribution in [-0.2, 0) is 25.7 Å². The number of amides is 1. The number of hydrogen-bond acceptors (Lipinski definition) is 6. The van der Waals surface area contributed by atoms with Crippen molar-refractivity contribution in [1.29, 1.82) is 0 Å². The maximum absolute atomic E-state index is 12.4. The van der Waals surface area contributed by atoms with Crippen LogP contribution in [0.1, 0.15) is 58.9 Å². The number of carbonyl (C=O) groups is 4. The summed E-state index contributed by atoms with van der Waals surface area (Å²) in [6.45, 7) is 5.86. The highest BCUT2D eigenvalue weighted by molar-refractivity contribution is 5.81. The Morgan fingerprint density at radius 3 is 2.11 bits per heavy atom. The lowest BCUT2D eigenvalue weighted by Crippen LogP contribution is -2.46. The van der Waals surface area contributed by atoms with Crippen LogP contribution in [0, 0.1) is 5.92 Å². The molecular formula is C21H27NO6. The van der Waals surface area contributed by atoms with Gasteiger partial charge in [0.05, 0.1) is 0 Å². The Morgan fingerprint density at radius 2 is 1.54 bits per heavy atom. The van der Waals surface area contributed by atoms with E-state index in [0.717, 1.165) is 31.2 Å². The van der Waals surface area contributed by atoms with E-state index in [4.69, 9.17) is 9.47 Å². The first-order valence-corrected chi connectivity index (χ1v) is 9.46. The summed E-state index contributed by atoms with van der Waals surface area (Å²) in [7, 11) is 0. The lowest BCUT2D eigenvalue weighted by Gasteiger charge is -2.38. The molecule has 2 atom stereocenters. The third-order valence-electron chi connectivity index (χ3n) is 4.92. The molecular weight excluding hydrogens is 362 g/mol. The molecule has 0 N–H and O–H groups in total. The predicted molar refractivity (Wildman–Crippen MR) is 102 cm³/mol. The molecule has 1 aliphatic rings. The Labute approximate surface area is 165 Å². The Balaban J connectivity index is 2.31. The molecule has 7 heteroatoms. The standard InChI is InChI=1S/C21H27NO6/c1-13(23)18-7-5-6-8-19(18)22(14(2)24)12-17-9-10-20(27-15(3)25)21(11-17)28-16(4)26/h9-11,18-19H,5-8,12H2,1-4H3/t18-,19?/m1/s1. The molecule has 1 fully saturated rings. The number of Topliss-reactive ketones (excluding diaryl/α,β-unsaturated/α-hetero) is 1. The van der Waals surface area contributed by atoms with Crippen LogP contribution in [0.5, 0.6) is 11.5 Å². The van der Waals surface area contributed by atoms with Gasteiger partial charge in [0, 0.05) is 39.3 Å². The fourth-order valence-electron chi connectivity index (χ4n) is 3.74. The van der Waals surface area contributed by atoms with E-state index in [2.05, 4.69) is 0 Å². The fraction of sp³-hybridized carbons (Fsp3) is 0.524. The van der Waals surface area contributed by atoms with E-state index in [0.29, 0.717) is 0 Å². The third kappa shape index (κ3) is 5.65. The number of ketones is 1. The second kappa shape index (κ2) is 9.48. The summed E-state index contributed by atoms with van der Waals surface area (Å²) in [6.07, 6.45) is 3.53. The molecule has 2 rings (SSSR count). The molecule has 0 heterocycles. The molecule has 1 aromatic rings. The van der Waals surface area contributed by atoms with Crippen LogP contribution in [0.25, 0.3) is 0 Å². The molecule has 1 aliphatic carbocycles. The zero-order valence-corrected chi connectivity index (χ0v) is 16.8. The molecule has 1 amide bonds. The van der Waals surface area contributed by atoms with Crippen molar-refractivity contribution in [3.05, 3.63) is 23.8 Å². The summed E-state index contributed by atoms with van der Waals surface area (Å²) in [4.78, 5) is 48.8. The van der Waals surface area contributed by atoms with Gasteiger partial charge < -0.3 is 14.4 Å². The number of benzene rings is 1. The second-order valence-corrected chi connectivity index (χ2v) is 7.18. The summed E-state index contributed by atoms with van der Waals surface area (Å²) < 4.78 is 10.2. The minimum Gasteiger partial charge on any atom is -0.423 e. The van der Waals surface area contributed by atoms with E-state index in [1.807, 2.05) is 0 Å². The van der Waals surface area contributed by atoms with Gasteiger partial charge in [-0.2, -0.15) is 0 Å². The largest absolute Gasteiger partial charge is 0.423 e. The second-order valence-electron chi connectivity index (χ2n) is 7.18. The minimum absolute atomic E-state index is 0.0989. The summed E-state index contributed by atoms with van der Waals surface area (Å²) in [5, 5.41) is 0. The Morgan fingerprint density at radius 1 is 0.929 bits per heavy atom. The van der Waals surface area contributed by atoms with E-state index in [9.17, 15) is 19.2 Å². The normalized spacial score (nSPS) is 18.9. The van der Waals surface area contributed by atoms with Gasteiger partial charge in [-0.1, -0.05) is 18.9 Å². The molecule has 0 aromatic heterocycles. The quantitative estimate of drug-likeness (QED) is 0.549. The molecule has 0 saturated heterocycles. The molecule has 1 aromatic carbocycles. The third-order valence-corrected chi connectivity index (χ3v) is 4.92. The Hall–Kier alpha value is -2.70. The van der Waals surface area contributed by atoms with Gasteiger partial charge >= 0.3 is 11.9 Å². The summed E-state index contributed by atoms with van der Waals surface area (Å²) in [6, 6.07) is 4.69. The van der Waals surface area contributed by atoms with Crippen molar-refractivity contribution in [2.75, 3.05) is 0 Å². The van der Waals surface area contributed by atoms with Crippen molar-refractivity contribution in [2.45, 2.75) is 66.0 Å². The molecule has 152 valence electrons. The lowest BCUT2D eigenvalue weighted by molar-refractivity contribution is -0.137. The number of esters is 2. The molecule has 1 saturated carbocycles. The van der Waals surface area contributed by atoms with Crippen molar-refractivity contribution >= 4 is 23.6 Å². The minimum atomic E-state index is -0.544. The highest BCUT2D eigenvalue weighted by atomic mass is 16.6. The Kier molecular flexibility index (Phi) is 7.31. The van der Waals surface area contributed by atoms with Gasteiger partial charge in [0.1, 0.15) is 5.78 Å². The maximum Gasteiger partial charge on any atom is 0.308 e. The zero-order valence-electron chi connectivity index (χ0n) is 16.8. The van der Waals surface area contributed by atoms with Gasteiger partial charge in [-0.05, 0) is 37.5 Å². The molecule has 0 radical (unpaired) electrons. The molecule has 0 spiro atoms. The molecule has 0 bridgehead atoms. The average molecular weight is 389 g/mol. The van der Waals surface area contributed by atoms with Crippen LogP contribution >= 0.6 is 0 Å². The number of ether oxygens (including phenoxy) is 2. The molecule has 7 nitrogen and oxygen atoms in total. The SMILES string of the molecule is CC(=O)Oc1ccc(CN(C(C)=O)C2CCCC[C@@H]2C(C)=O)cc1OC(C)=O. The van der Waals surface area contributed by atoms with Gasteiger partial charge in [-0.25, -0.2) is 0 Å². The van der Waals surface area contributed by atoms with Gasteiger partial charge in [0.25, 0.3) is 0 Å².